The number of aryl methyl sites for hydroxylation is 1. The molecule has 0 aromatic heterocycles. The fourth-order valence-electron chi connectivity index (χ4n) is 5.01. The van der Waals surface area contributed by atoms with Crippen molar-refractivity contribution >= 4 is 27.5 Å². The van der Waals surface area contributed by atoms with Crippen molar-refractivity contribution in [3.05, 3.63) is 131 Å². The number of rotatable bonds is 16. The molecule has 0 fully saturated rings. The van der Waals surface area contributed by atoms with E-state index in [2.05, 4.69) is 5.32 Å². The van der Waals surface area contributed by atoms with Crippen molar-refractivity contribution < 1.29 is 22.7 Å². The van der Waals surface area contributed by atoms with E-state index in [9.17, 15) is 18.0 Å². The number of ether oxygens (including phenoxy) is 1. The highest BCUT2D eigenvalue weighted by molar-refractivity contribution is 7.92. The van der Waals surface area contributed by atoms with Gasteiger partial charge in [-0.1, -0.05) is 104 Å². The molecule has 46 heavy (non-hydrogen) atoms. The number of nitrogens with one attached hydrogen (secondary N) is 1. The second-order valence-electron chi connectivity index (χ2n) is 11.4. The van der Waals surface area contributed by atoms with Crippen LogP contribution < -0.4 is 14.4 Å². The fraction of sp³-hybridized carbons (Fsp3) is 0.297. The molecule has 0 unspecified atom stereocenters. The third-order valence-electron chi connectivity index (χ3n) is 7.63. The molecule has 4 rings (SSSR count). The second-order valence-corrected chi connectivity index (χ2v) is 13.3. The normalized spacial score (nSPS) is 11.8. The van der Waals surface area contributed by atoms with Crippen molar-refractivity contribution in [2.75, 3.05) is 23.7 Å². The summed E-state index contributed by atoms with van der Waals surface area (Å²) in [5, 5.41) is 3.00. The number of nitrogens with zero attached hydrogens (tertiary/aromatic N) is 2. The van der Waals surface area contributed by atoms with Gasteiger partial charge in [0.2, 0.25) is 21.8 Å². The van der Waals surface area contributed by atoms with E-state index >= 15 is 0 Å². The fourth-order valence-corrected chi connectivity index (χ4v) is 5.86. The molecule has 0 aliphatic carbocycles. The summed E-state index contributed by atoms with van der Waals surface area (Å²) < 4.78 is 33.1. The number of carbonyl (C=O) groups excluding carboxylic acids is 2. The molecule has 1 atom stereocenters. The Morgan fingerprint density at radius 2 is 1.41 bits per heavy atom. The van der Waals surface area contributed by atoms with E-state index in [0.717, 1.165) is 45.7 Å². The number of hydrogen-bond donors (Lipinski definition) is 1. The minimum absolute atomic E-state index is 0.141. The Morgan fingerprint density at radius 3 is 2.00 bits per heavy atom. The van der Waals surface area contributed by atoms with Gasteiger partial charge in [-0.3, -0.25) is 13.9 Å². The molecule has 0 heterocycles. The standard InChI is InChI=1S/C37H43N3O5S/c1-4-5-24-38-37(42)35(25-30-12-8-6-9-13-30)39(26-31-18-16-29(2)17-19-31)36(41)27-40(46(3,43)44)33-20-22-34(23-21-33)45-28-32-14-10-7-11-15-32/h6-23,35H,4-5,24-28H2,1-3H3,(H,38,42)/t35-/m0/s1. The summed E-state index contributed by atoms with van der Waals surface area (Å²) >= 11 is 0. The Bertz CT molecular complexity index is 1650. The molecule has 0 bridgehead atoms. The van der Waals surface area contributed by atoms with Crippen LogP contribution in [0.4, 0.5) is 5.69 Å². The highest BCUT2D eigenvalue weighted by atomic mass is 32.2. The zero-order chi connectivity index (χ0) is 32.9. The van der Waals surface area contributed by atoms with E-state index in [1.807, 2.05) is 98.8 Å². The Labute approximate surface area is 273 Å². The lowest BCUT2D eigenvalue weighted by Crippen LogP contribution is -2.53. The molecule has 0 radical (unpaired) electrons. The number of sulfonamides is 1. The quantitative estimate of drug-likeness (QED) is 0.154. The smallest absolute Gasteiger partial charge is 0.244 e. The molecule has 0 aliphatic heterocycles. The van der Waals surface area contributed by atoms with Crippen molar-refractivity contribution in [1.82, 2.24) is 10.2 Å². The molecule has 9 heteroatoms. The average molecular weight is 642 g/mol. The van der Waals surface area contributed by atoms with Crippen LogP contribution in [0.25, 0.3) is 0 Å². The molecule has 242 valence electrons. The van der Waals surface area contributed by atoms with E-state index in [-0.39, 0.29) is 18.9 Å². The third-order valence-corrected chi connectivity index (χ3v) is 8.77. The molecule has 0 saturated heterocycles. The van der Waals surface area contributed by atoms with E-state index in [4.69, 9.17) is 4.74 Å². The number of amides is 2. The first-order valence-electron chi connectivity index (χ1n) is 15.5. The molecular formula is C37H43N3O5S. The predicted molar refractivity (Wildman–Crippen MR) is 183 cm³/mol. The van der Waals surface area contributed by atoms with E-state index in [1.165, 1.54) is 4.90 Å². The number of benzene rings is 4. The highest BCUT2D eigenvalue weighted by Crippen LogP contribution is 2.24. The van der Waals surface area contributed by atoms with Gasteiger partial charge in [0.25, 0.3) is 0 Å². The summed E-state index contributed by atoms with van der Waals surface area (Å²) in [5.74, 6) is -0.189. The molecule has 0 saturated carbocycles. The number of unbranched alkanes of at least 4 members (excludes halogenated alkanes) is 1. The Morgan fingerprint density at radius 1 is 0.804 bits per heavy atom. The highest BCUT2D eigenvalue weighted by Gasteiger charge is 2.33. The number of anilines is 1. The molecular weight excluding hydrogens is 598 g/mol. The van der Waals surface area contributed by atoms with Gasteiger partial charge in [-0.05, 0) is 54.3 Å². The van der Waals surface area contributed by atoms with Gasteiger partial charge in [-0.15, -0.1) is 0 Å². The van der Waals surface area contributed by atoms with Gasteiger partial charge in [0, 0.05) is 19.5 Å². The van der Waals surface area contributed by atoms with Crippen molar-refractivity contribution in [2.24, 2.45) is 0 Å². The van der Waals surface area contributed by atoms with Crippen molar-refractivity contribution in [1.29, 1.82) is 0 Å². The summed E-state index contributed by atoms with van der Waals surface area (Å²) in [5.41, 5.74) is 4.13. The van der Waals surface area contributed by atoms with E-state index in [0.29, 0.717) is 24.6 Å². The van der Waals surface area contributed by atoms with Crippen LogP contribution in [0.15, 0.2) is 109 Å². The molecule has 4 aromatic rings. The van der Waals surface area contributed by atoms with Crippen molar-refractivity contribution in [3.8, 4) is 5.75 Å². The summed E-state index contributed by atoms with van der Waals surface area (Å²) in [6.07, 6.45) is 3.07. The maximum Gasteiger partial charge on any atom is 0.244 e. The first kappa shape index (κ1) is 34.2. The molecule has 0 spiro atoms. The van der Waals surface area contributed by atoms with Gasteiger partial charge >= 0.3 is 0 Å². The Kier molecular flexibility index (Phi) is 12.4. The van der Waals surface area contributed by atoms with Crippen LogP contribution in [0.2, 0.25) is 0 Å². The topological polar surface area (TPSA) is 96.0 Å². The summed E-state index contributed by atoms with van der Waals surface area (Å²) in [6, 6.07) is 32.8. The average Bonchev–Trinajstić information content (AvgIpc) is 3.06. The van der Waals surface area contributed by atoms with E-state index in [1.54, 1.807) is 24.3 Å². The largest absolute Gasteiger partial charge is 0.489 e. The zero-order valence-corrected chi connectivity index (χ0v) is 27.6. The first-order valence-corrected chi connectivity index (χ1v) is 17.4. The Balaban J connectivity index is 1.63. The Hall–Kier alpha value is -4.63. The van der Waals surface area contributed by atoms with Crippen LogP contribution in [0.3, 0.4) is 0 Å². The van der Waals surface area contributed by atoms with Gasteiger partial charge in [0.05, 0.1) is 11.9 Å². The van der Waals surface area contributed by atoms with Gasteiger partial charge < -0.3 is 15.0 Å². The molecule has 2 amide bonds. The SMILES string of the molecule is CCCCNC(=O)[C@H](Cc1ccccc1)N(Cc1ccc(C)cc1)C(=O)CN(c1ccc(OCc2ccccc2)cc1)S(C)(=O)=O. The van der Waals surface area contributed by atoms with Gasteiger partial charge in [0.15, 0.2) is 0 Å². The summed E-state index contributed by atoms with van der Waals surface area (Å²) in [4.78, 5) is 29.5. The maximum atomic E-state index is 14.3. The van der Waals surface area contributed by atoms with E-state index < -0.39 is 28.5 Å². The van der Waals surface area contributed by atoms with Crippen molar-refractivity contribution in [2.45, 2.75) is 52.3 Å². The molecule has 0 aliphatic rings. The molecule has 8 nitrogen and oxygen atoms in total. The van der Waals surface area contributed by atoms with Gasteiger partial charge in [-0.25, -0.2) is 8.42 Å². The second kappa shape index (κ2) is 16.6. The van der Waals surface area contributed by atoms with Crippen LogP contribution in [-0.2, 0) is 39.2 Å². The lowest BCUT2D eigenvalue weighted by Gasteiger charge is -2.33. The summed E-state index contributed by atoms with van der Waals surface area (Å²) in [7, 11) is -3.87. The molecule has 1 N–H and O–H groups in total. The zero-order valence-electron chi connectivity index (χ0n) is 26.8. The number of carbonyl (C=O) groups is 2. The monoisotopic (exact) mass is 641 g/mol. The lowest BCUT2D eigenvalue weighted by molar-refractivity contribution is -0.140. The van der Waals surface area contributed by atoms with Crippen LogP contribution in [-0.4, -0.2) is 50.5 Å². The van der Waals surface area contributed by atoms with Crippen molar-refractivity contribution in [3.63, 3.8) is 0 Å². The third kappa shape index (κ3) is 10.2. The minimum atomic E-state index is -3.87. The number of hydrogen-bond acceptors (Lipinski definition) is 5. The summed E-state index contributed by atoms with van der Waals surface area (Å²) in [6.45, 7) is 4.55. The maximum absolute atomic E-state index is 14.3. The van der Waals surface area contributed by atoms with Gasteiger partial charge in [-0.2, -0.15) is 0 Å². The van der Waals surface area contributed by atoms with Crippen LogP contribution >= 0.6 is 0 Å². The minimum Gasteiger partial charge on any atom is -0.489 e. The van der Waals surface area contributed by atoms with Gasteiger partial charge in [0.1, 0.15) is 24.9 Å². The van der Waals surface area contributed by atoms with Crippen LogP contribution in [0.1, 0.15) is 42.0 Å². The predicted octanol–water partition coefficient (Wildman–Crippen LogP) is 5.90. The first-order chi connectivity index (χ1) is 22.1. The van der Waals surface area contributed by atoms with Crippen LogP contribution in [0, 0.1) is 6.92 Å². The lowest BCUT2D eigenvalue weighted by atomic mass is 10.0. The molecule has 4 aromatic carbocycles. The van der Waals surface area contributed by atoms with Crippen LogP contribution in [0.5, 0.6) is 5.75 Å².